The monoisotopic (exact) mass is 474 g/mol. The van der Waals surface area contributed by atoms with E-state index in [2.05, 4.69) is 10.3 Å². The number of nitrogens with zero attached hydrogens (tertiary/aromatic N) is 3. The number of carbonyl (C=O) groups is 1. The minimum atomic E-state index is -3.60. The second kappa shape index (κ2) is 9.13. The topological polar surface area (TPSA) is 82.6 Å². The van der Waals surface area contributed by atoms with Gasteiger partial charge in [0.1, 0.15) is 0 Å². The minimum Gasteiger partial charge on any atom is -0.324 e. The van der Waals surface area contributed by atoms with Gasteiger partial charge in [-0.15, -0.1) is 0 Å². The lowest BCUT2D eigenvalue weighted by Crippen LogP contribution is -2.53. The number of sulfonamides is 1. The zero-order valence-corrected chi connectivity index (χ0v) is 19.7. The van der Waals surface area contributed by atoms with Gasteiger partial charge >= 0.3 is 0 Å². The van der Waals surface area contributed by atoms with Crippen molar-refractivity contribution in [2.75, 3.05) is 31.5 Å². The van der Waals surface area contributed by atoms with Crippen molar-refractivity contribution in [3.63, 3.8) is 0 Å². The summed E-state index contributed by atoms with van der Waals surface area (Å²) < 4.78 is 28.0. The Labute approximate surface area is 199 Å². The Hall–Kier alpha value is -3.33. The SMILES string of the molecule is CC(C(=O)Nc1cccc2ncccc12)N1CCN(S(=O)(=O)c2ccc3ccccc3c2)CC1. The van der Waals surface area contributed by atoms with Crippen LogP contribution in [0.15, 0.2) is 83.9 Å². The number of hydrogen-bond acceptors (Lipinski definition) is 5. The molecule has 1 aliphatic rings. The zero-order chi connectivity index (χ0) is 23.7. The Kier molecular flexibility index (Phi) is 6.03. The van der Waals surface area contributed by atoms with Gasteiger partial charge in [0.25, 0.3) is 0 Å². The number of carbonyl (C=O) groups excluding carboxylic acids is 1. The quantitative estimate of drug-likeness (QED) is 0.477. The Morgan fingerprint density at radius 2 is 1.68 bits per heavy atom. The van der Waals surface area contributed by atoms with Crippen molar-refractivity contribution in [1.82, 2.24) is 14.2 Å². The molecule has 0 spiro atoms. The lowest BCUT2D eigenvalue weighted by atomic mass is 10.1. The van der Waals surface area contributed by atoms with Gasteiger partial charge in [-0.05, 0) is 54.1 Å². The number of fused-ring (bicyclic) bond motifs is 2. The van der Waals surface area contributed by atoms with Gasteiger partial charge < -0.3 is 5.32 Å². The molecule has 1 unspecified atom stereocenters. The zero-order valence-electron chi connectivity index (χ0n) is 18.9. The summed E-state index contributed by atoms with van der Waals surface area (Å²) in [5, 5.41) is 5.81. The first-order chi connectivity index (χ1) is 16.4. The predicted molar refractivity (Wildman–Crippen MR) is 134 cm³/mol. The molecule has 1 amide bonds. The van der Waals surface area contributed by atoms with Gasteiger partial charge in [-0.1, -0.05) is 36.4 Å². The molecule has 1 atom stereocenters. The van der Waals surface area contributed by atoms with Gasteiger partial charge in [-0.2, -0.15) is 4.31 Å². The number of nitrogens with one attached hydrogen (secondary N) is 1. The normalized spacial score (nSPS) is 16.5. The molecule has 1 saturated heterocycles. The molecule has 34 heavy (non-hydrogen) atoms. The maximum atomic E-state index is 13.2. The third kappa shape index (κ3) is 4.27. The lowest BCUT2D eigenvalue weighted by Gasteiger charge is -2.36. The summed E-state index contributed by atoms with van der Waals surface area (Å²) in [6.45, 7) is 3.50. The summed E-state index contributed by atoms with van der Waals surface area (Å²) in [7, 11) is -3.60. The molecule has 5 rings (SSSR count). The second-order valence-electron chi connectivity index (χ2n) is 8.49. The summed E-state index contributed by atoms with van der Waals surface area (Å²) >= 11 is 0. The predicted octanol–water partition coefficient (Wildman–Crippen LogP) is 3.72. The molecule has 3 aromatic carbocycles. The van der Waals surface area contributed by atoms with Crippen LogP contribution in [0.4, 0.5) is 5.69 Å². The van der Waals surface area contributed by atoms with Crippen molar-refractivity contribution in [3.05, 3.63) is 79.0 Å². The van der Waals surface area contributed by atoms with E-state index in [1.54, 1.807) is 18.3 Å². The van der Waals surface area contributed by atoms with Crippen LogP contribution < -0.4 is 5.32 Å². The van der Waals surface area contributed by atoms with Crippen LogP contribution >= 0.6 is 0 Å². The minimum absolute atomic E-state index is 0.123. The standard InChI is InChI=1S/C26H26N4O3S/c1-19(26(31)28-25-10-4-9-24-23(25)8-5-13-27-24)29-14-16-30(17-15-29)34(32,33)22-12-11-20-6-2-3-7-21(20)18-22/h2-13,18-19H,14-17H2,1H3,(H,28,31). The fourth-order valence-electron chi connectivity index (χ4n) is 4.42. The van der Waals surface area contributed by atoms with E-state index in [0.717, 1.165) is 27.4 Å². The number of amides is 1. The van der Waals surface area contributed by atoms with Gasteiger partial charge in [0.2, 0.25) is 15.9 Å². The third-order valence-corrected chi connectivity index (χ3v) is 8.36. The first-order valence-electron chi connectivity index (χ1n) is 11.3. The Balaban J connectivity index is 1.25. The van der Waals surface area contributed by atoms with Crippen molar-refractivity contribution >= 4 is 43.3 Å². The van der Waals surface area contributed by atoms with E-state index in [-0.39, 0.29) is 5.91 Å². The number of rotatable bonds is 5. The average Bonchev–Trinajstić information content (AvgIpc) is 2.88. The summed E-state index contributed by atoms with van der Waals surface area (Å²) in [4.78, 5) is 19.6. The number of aromatic nitrogens is 1. The average molecular weight is 475 g/mol. The van der Waals surface area contributed by atoms with Gasteiger partial charge in [-0.25, -0.2) is 8.42 Å². The van der Waals surface area contributed by atoms with E-state index in [4.69, 9.17) is 0 Å². The van der Waals surface area contributed by atoms with E-state index in [9.17, 15) is 13.2 Å². The first-order valence-corrected chi connectivity index (χ1v) is 12.7. The fourth-order valence-corrected chi connectivity index (χ4v) is 5.88. The molecule has 1 aromatic heterocycles. The van der Waals surface area contributed by atoms with Crippen LogP contribution in [0.2, 0.25) is 0 Å². The molecule has 0 aliphatic carbocycles. The van der Waals surface area contributed by atoms with Crippen molar-refractivity contribution < 1.29 is 13.2 Å². The van der Waals surface area contributed by atoms with Crippen LogP contribution in [-0.2, 0) is 14.8 Å². The summed E-state index contributed by atoms with van der Waals surface area (Å²) in [6, 6.07) is 22.0. The summed E-state index contributed by atoms with van der Waals surface area (Å²) in [5.74, 6) is -0.123. The van der Waals surface area contributed by atoms with Crippen LogP contribution in [-0.4, -0.2) is 60.7 Å². The van der Waals surface area contributed by atoms with Crippen LogP contribution in [0.1, 0.15) is 6.92 Å². The highest BCUT2D eigenvalue weighted by molar-refractivity contribution is 7.89. The molecule has 1 aliphatic heterocycles. The summed E-state index contributed by atoms with van der Waals surface area (Å²) in [6.07, 6.45) is 1.72. The van der Waals surface area contributed by atoms with Gasteiger partial charge in [0.05, 0.1) is 22.1 Å². The number of piperazine rings is 1. The van der Waals surface area contributed by atoms with E-state index < -0.39 is 16.1 Å². The molecular formula is C26H26N4O3S. The van der Waals surface area contributed by atoms with E-state index in [0.29, 0.717) is 31.1 Å². The van der Waals surface area contributed by atoms with Crippen molar-refractivity contribution in [1.29, 1.82) is 0 Å². The number of pyridine rings is 1. The van der Waals surface area contributed by atoms with Crippen LogP contribution in [0, 0.1) is 0 Å². The molecule has 0 saturated carbocycles. The fraction of sp³-hybridized carbons (Fsp3) is 0.231. The van der Waals surface area contributed by atoms with E-state index in [1.165, 1.54) is 4.31 Å². The summed E-state index contributed by atoms with van der Waals surface area (Å²) in [5.41, 5.74) is 1.54. The Morgan fingerprint density at radius 3 is 2.47 bits per heavy atom. The number of hydrogen-bond donors (Lipinski definition) is 1. The molecule has 7 nitrogen and oxygen atoms in total. The Bertz CT molecular complexity index is 1460. The molecule has 174 valence electrons. The van der Waals surface area contributed by atoms with E-state index >= 15 is 0 Å². The first kappa shape index (κ1) is 22.5. The largest absolute Gasteiger partial charge is 0.324 e. The third-order valence-electron chi connectivity index (χ3n) is 6.46. The molecule has 4 aromatic rings. The molecule has 1 N–H and O–H groups in total. The highest BCUT2D eigenvalue weighted by Gasteiger charge is 2.32. The van der Waals surface area contributed by atoms with Crippen molar-refractivity contribution in [2.24, 2.45) is 0 Å². The van der Waals surface area contributed by atoms with Gasteiger partial charge in [0, 0.05) is 37.8 Å². The van der Waals surface area contributed by atoms with Crippen molar-refractivity contribution in [3.8, 4) is 0 Å². The van der Waals surface area contributed by atoms with Gasteiger partial charge in [-0.3, -0.25) is 14.7 Å². The molecule has 1 fully saturated rings. The molecule has 8 heteroatoms. The lowest BCUT2D eigenvalue weighted by molar-refractivity contribution is -0.121. The van der Waals surface area contributed by atoms with Gasteiger partial charge in [0.15, 0.2) is 0 Å². The van der Waals surface area contributed by atoms with Crippen molar-refractivity contribution in [2.45, 2.75) is 17.9 Å². The van der Waals surface area contributed by atoms with Crippen LogP contribution in [0.25, 0.3) is 21.7 Å². The number of benzene rings is 3. The molecule has 0 radical (unpaired) electrons. The highest BCUT2D eigenvalue weighted by atomic mass is 32.2. The van der Waals surface area contributed by atoms with Crippen LogP contribution in [0.5, 0.6) is 0 Å². The van der Waals surface area contributed by atoms with Crippen LogP contribution in [0.3, 0.4) is 0 Å². The maximum absolute atomic E-state index is 13.2. The highest BCUT2D eigenvalue weighted by Crippen LogP contribution is 2.24. The molecule has 0 bridgehead atoms. The second-order valence-corrected chi connectivity index (χ2v) is 10.4. The number of anilines is 1. The molecule has 2 heterocycles. The van der Waals surface area contributed by atoms with E-state index in [1.807, 2.05) is 72.5 Å². The smallest absolute Gasteiger partial charge is 0.243 e. The maximum Gasteiger partial charge on any atom is 0.243 e. The molecular weight excluding hydrogens is 448 g/mol. The Morgan fingerprint density at radius 1 is 0.912 bits per heavy atom.